The molecule has 0 aliphatic carbocycles. The Kier molecular flexibility index (Phi) is 3.12. The second kappa shape index (κ2) is 5.00. The molecule has 5 rings (SSSR count). The minimum atomic E-state index is 0.110. The van der Waals surface area contributed by atoms with Gasteiger partial charge in [0.15, 0.2) is 0 Å². The number of amides is 1. The van der Waals surface area contributed by atoms with Crippen LogP contribution in [0, 0.1) is 0 Å². The van der Waals surface area contributed by atoms with Crippen LogP contribution in [0.25, 0.3) is 11.0 Å². The molecule has 2 aromatic heterocycles. The third-order valence-corrected chi connectivity index (χ3v) is 4.86. The van der Waals surface area contributed by atoms with Gasteiger partial charge in [0.25, 0.3) is 5.91 Å². The molecule has 0 radical (unpaired) electrons. The van der Waals surface area contributed by atoms with Gasteiger partial charge >= 0.3 is 0 Å². The van der Waals surface area contributed by atoms with Gasteiger partial charge in [-0.1, -0.05) is 11.6 Å². The molecular weight excluding hydrogens is 288 g/mol. The van der Waals surface area contributed by atoms with Crippen molar-refractivity contribution in [2.75, 3.05) is 26.2 Å². The fourth-order valence-corrected chi connectivity index (χ4v) is 3.61. The molecular formula is C15H17ClN4O. The number of hydrogen-bond donors (Lipinski definition) is 1. The number of aromatic amines is 1. The zero-order chi connectivity index (χ0) is 14.4. The third-order valence-electron chi connectivity index (χ3n) is 4.65. The first-order valence-corrected chi connectivity index (χ1v) is 7.77. The summed E-state index contributed by atoms with van der Waals surface area (Å²) in [4.78, 5) is 24.7. The number of carbonyl (C=O) groups excluding carboxylic acids is 1. The van der Waals surface area contributed by atoms with Crippen molar-refractivity contribution in [2.45, 2.75) is 18.9 Å². The average molecular weight is 305 g/mol. The van der Waals surface area contributed by atoms with Gasteiger partial charge in [-0.2, -0.15) is 0 Å². The van der Waals surface area contributed by atoms with Crippen LogP contribution in [0.3, 0.4) is 0 Å². The van der Waals surface area contributed by atoms with Crippen LogP contribution in [0.1, 0.15) is 23.2 Å². The van der Waals surface area contributed by atoms with Crippen molar-refractivity contribution in [3.8, 4) is 0 Å². The average Bonchev–Trinajstić information content (AvgIpc) is 2.68. The summed E-state index contributed by atoms with van der Waals surface area (Å²) in [5.41, 5.74) is 1.38. The van der Waals surface area contributed by atoms with Crippen LogP contribution in [-0.2, 0) is 0 Å². The lowest BCUT2D eigenvalue weighted by molar-refractivity contribution is 0.0687. The molecule has 110 valence electrons. The number of nitrogens with zero attached hydrogens (tertiary/aromatic N) is 3. The molecule has 0 spiro atoms. The van der Waals surface area contributed by atoms with Crippen molar-refractivity contribution in [3.05, 3.63) is 29.0 Å². The zero-order valence-electron chi connectivity index (χ0n) is 11.7. The largest absolute Gasteiger partial charge is 0.345 e. The highest BCUT2D eigenvalue weighted by Gasteiger charge is 2.33. The lowest BCUT2D eigenvalue weighted by Gasteiger charge is -2.31. The number of carbonyl (C=O) groups is 1. The van der Waals surface area contributed by atoms with E-state index < -0.39 is 0 Å². The molecule has 0 saturated carbocycles. The van der Waals surface area contributed by atoms with E-state index in [2.05, 4.69) is 14.9 Å². The maximum absolute atomic E-state index is 12.9. The summed E-state index contributed by atoms with van der Waals surface area (Å²) in [6, 6.07) is 3.97. The molecule has 2 aromatic rings. The van der Waals surface area contributed by atoms with Crippen LogP contribution in [0.2, 0.25) is 5.15 Å². The Morgan fingerprint density at radius 1 is 1.24 bits per heavy atom. The van der Waals surface area contributed by atoms with Crippen LogP contribution in [0.15, 0.2) is 18.3 Å². The van der Waals surface area contributed by atoms with Crippen molar-refractivity contribution >= 4 is 28.5 Å². The quantitative estimate of drug-likeness (QED) is 0.821. The Balaban J connectivity index is 1.69. The van der Waals surface area contributed by atoms with Gasteiger partial charge in [-0.25, -0.2) is 4.98 Å². The zero-order valence-corrected chi connectivity index (χ0v) is 12.4. The summed E-state index contributed by atoms with van der Waals surface area (Å²) in [6.45, 7) is 4.02. The molecule has 3 aliphatic rings. The third kappa shape index (κ3) is 2.21. The lowest BCUT2D eigenvalue weighted by Crippen LogP contribution is -2.41. The first-order chi connectivity index (χ1) is 10.2. The van der Waals surface area contributed by atoms with Gasteiger partial charge in [-0.3, -0.25) is 4.79 Å². The van der Waals surface area contributed by atoms with E-state index in [0.717, 1.165) is 44.4 Å². The number of piperidine rings is 1. The molecule has 1 N–H and O–H groups in total. The Labute approximate surface area is 127 Å². The van der Waals surface area contributed by atoms with E-state index in [-0.39, 0.29) is 5.91 Å². The lowest BCUT2D eigenvalue weighted by atomic mass is 10.0. The summed E-state index contributed by atoms with van der Waals surface area (Å²) in [7, 11) is 0. The number of H-pyrrole nitrogens is 1. The van der Waals surface area contributed by atoms with E-state index in [4.69, 9.17) is 11.6 Å². The molecule has 1 amide bonds. The monoisotopic (exact) mass is 304 g/mol. The molecule has 0 atom stereocenters. The minimum absolute atomic E-state index is 0.110. The van der Waals surface area contributed by atoms with Gasteiger partial charge in [0.2, 0.25) is 0 Å². The number of nitrogens with one attached hydrogen (secondary N) is 1. The van der Waals surface area contributed by atoms with Crippen LogP contribution in [0.5, 0.6) is 0 Å². The van der Waals surface area contributed by atoms with Crippen molar-refractivity contribution in [1.82, 2.24) is 19.8 Å². The summed E-state index contributed by atoms with van der Waals surface area (Å²) < 4.78 is 0. The fourth-order valence-electron chi connectivity index (χ4n) is 3.47. The molecule has 0 unspecified atom stereocenters. The van der Waals surface area contributed by atoms with E-state index in [1.54, 1.807) is 12.3 Å². The Morgan fingerprint density at radius 2 is 2.05 bits per heavy atom. The van der Waals surface area contributed by atoms with Crippen molar-refractivity contribution in [3.63, 3.8) is 0 Å². The normalized spacial score (nSPS) is 25.3. The van der Waals surface area contributed by atoms with E-state index in [1.807, 2.05) is 11.0 Å². The van der Waals surface area contributed by atoms with Gasteiger partial charge in [-0.05, 0) is 25.0 Å². The first kappa shape index (κ1) is 13.1. The summed E-state index contributed by atoms with van der Waals surface area (Å²) in [6.07, 6.45) is 3.92. The second-order valence-electron chi connectivity index (χ2n) is 5.80. The fraction of sp³-hybridized carbons (Fsp3) is 0.467. The minimum Gasteiger partial charge on any atom is -0.345 e. The molecule has 21 heavy (non-hydrogen) atoms. The van der Waals surface area contributed by atoms with E-state index >= 15 is 0 Å². The highest BCUT2D eigenvalue weighted by Crippen LogP contribution is 2.25. The number of halogens is 1. The van der Waals surface area contributed by atoms with E-state index in [1.165, 1.54) is 0 Å². The summed E-state index contributed by atoms with van der Waals surface area (Å²) in [5, 5.41) is 1.29. The molecule has 5 heterocycles. The van der Waals surface area contributed by atoms with Crippen molar-refractivity contribution in [1.29, 1.82) is 0 Å². The van der Waals surface area contributed by atoms with Crippen LogP contribution < -0.4 is 0 Å². The molecule has 2 bridgehead atoms. The van der Waals surface area contributed by atoms with Crippen LogP contribution in [-0.4, -0.2) is 57.9 Å². The van der Waals surface area contributed by atoms with Gasteiger partial charge in [0.1, 0.15) is 10.8 Å². The number of fused-ring (bicyclic) bond motifs is 5. The predicted molar refractivity (Wildman–Crippen MR) is 81.6 cm³/mol. The van der Waals surface area contributed by atoms with E-state index in [0.29, 0.717) is 22.4 Å². The number of aromatic nitrogens is 2. The number of pyridine rings is 1. The van der Waals surface area contributed by atoms with Crippen LogP contribution >= 0.6 is 11.6 Å². The SMILES string of the molecule is O=C(c1c[nH]c2nc(Cl)ccc12)N1CCN2CCC1CC2. The highest BCUT2D eigenvalue weighted by molar-refractivity contribution is 6.29. The molecule has 6 heteroatoms. The second-order valence-corrected chi connectivity index (χ2v) is 6.19. The summed E-state index contributed by atoms with van der Waals surface area (Å²) in [5.74, 6) is 0.110. The maximum atomic E-state index is 12.9. The van der Waals surface area contributed by atoms with Crippen molar-refractivity contribution in [2.24, 2.45) is 0 Å². The molecule has 0 aromatic carbocycles. The molecule has 5 nitrogen and oxygen atoms in total. The number of rotatable bonds is 1. The van der Waals surface area contributed by atoms with Gasteiger partial charge in [-0.15, -0.1) is 0 Å². The Bertz CT molecular complexity index is 690. The van der Waals surface area contributed by atoms with Gasteiger partial charge in [0, 0.05) is 43.8 Å². The molecule has 3 saturated heterocycles. The van der Waals surface area contributed by atoms with Crippen LogP contribution in [0.4, 0.5) is 0 Å². The highest BCUT2D eigenvalue weighted by atomic mass is 35.5. The van der Waals surface area contributed by atoms with E-state index in [9.17, 15) is 4.79 Å². The number of hydrogen-bond acceptors (Lipinski definition) is 3. The standard InChI is InChI=1S/C15H17ClN4O/c16-13-2-1-11-12(9-17-14(11)18-13)15(21)20-8-7-19-5-3-10(20)4-6-19/h1-2,9-10H,3-8H2,(H,17,18). The Morgan fingerprint density at radius 3 is 2.86 bits per heavy atom. The molecule has 3 fully saturated rings. The Hall–Kier alpha value is -1.59. The molecule has 3 aliphatic heterocycles. The van der Waals surface area contributed by atoms with Crippen molar-refractivity contribution < 1.29 is 4.79 Å². The first-order valence-electron chi connectivity index (χ1n) is 7.39. The topological polar surface area (TPSA) is 52.2 Å². The predicted octanol–water partition coefficient (Wildman–Crippen LogP) is 2.14. The summed E-state index contributed by atoms with van der Waals surface area (Å²) >= 11 is 5.90. The van der Waals surface area contributed by atoms with Gasteiger partial charge in [0.05, 0.1) is 5.56 Å². The maximum Gasteiger partial charge on any atom is 0.256 e. The smallest absolute Gasteiger partial charge is 0.256 e. The van der Waals surface area contributed by atoms with Gasteiger partial charge < -0.3 is 14.8 Å².